The first-order chi connectivity index (χ1) is 7.22. The van der Waals surface area contributed by atoms with Gasteiger partial charge in [0.15, 0.2) is 0 Å². The SMILES string of the molecule is CCCN1CCN(CCOS(=O)O)CC1. The van der Waals surface area contributed by atoms with Gasteiger partial charge >= 0.3 is 11.4 Å². The van der Waals surface area contributed by atoms with Crippen molar-refractivity contribution in [3.63, 3.8) is 0 Å². The van der Waals surface area contributed by atoms with E-state index in [0.29, 0.717) is 6.61 Å². The zero-order valence-electron chi connectivity index (χ0n) is 9.22. The lowest BCUT2D eigenvalue weighted by molar-refractivity contribution is 0.118. The van der Waals surface area contributed by atoms with Gasteiger partial charge in [-0.2, -0.15) is 4.21 Å². The molecular weight excluding hydrogens is 216 g/mol. The van der Waals surface area contributed by atoms with Crippen molar-refractivity contribution in [2.75, 3.05) is 45.9 Å². The van der Waals surface area contributed by atoms with Gasteiger partial charge in [-0.05, 0) is 13.0 Å². The normalized spacial score (nSPS) is 21.7. The minimum Gasteiger partial charge on any atom is -0.301 e. The maximum absolute atomic E-state index is 10.2. The van der Waals surface area contributed by atoms with Gasteiger partial charge in [0.25, 0.3) is 0 Å². The van der Waals surface area contributed by atoms with Crippen molar-refractivity contribution in [3.8, 4) is 0 Å². The third-order valence-electron chi connectivity index (χ3n) is 2.60. The van der Waals surface area contributed by atoms with Gasteiger partial charge in [0.1, 0.15) is 0 Å². The molecule has 0 radical (unpaired) electrons. The quantitative estimate of drug-likeness (QED) is 0.666. The van der Waals surface area contributed by atoms with Crippen molar-refractivity contribution < 1.29 is 12.9 Å². The molecule has 1 unspecified atom stereocenters. The van der Waals surface area contributed by atoms with E-state index in [4.69, 9.17) is 4.55 Å². The van der Waals surface area contributed by atoms with Gasteiger partial charge < -0.3 is 4.90 Å². The molecule has 1 fully saturated rings. The number of hydrogen-bond acceptors (Lipinski definition) is 4. The average Bonchev–Trinajstić information content (AvgIpc) is 2.20. The first-order valence-electron chi connectivity index (χ1n) is 5.41. The molecule has 0 bridgehead atoms. The molecule has 1 saturated heterocycles. The number of nitrogens with zero attached hydrogens (tertiary/aromatic N) is 2. The highest BCUT2D eigenvalue weighted by Crippen LogP contribution is 2.01. The first kappa shape index (κ1) is 13.1. The van der Waals surface area contributed by atoms with Crippen LogP contribution >= 0.6 is 0 Å². The van der Waals surface area contributed by atoms with E-state index < -0.39 is 11.4 Å². The molecule has 1 aliphatic rings. The zero-order chi connectivity index (χ0) is 11.1. The van der Waals surface area contributed by atoms with Crippen molar-refractivity contribution >= 4 is 11.4 Å². The topological polar surface area (TPSA) is 53.0 Å². The van der Waals surface area contributed by atoms with Crippen molar-refractivity contribution in [1.29, 1.82) is 0 Å². The lowest BCUT2D eigenvalue weighted by atomic mass is 10.3. The van der Waals surface area contributed by atoms with E-state index in [-0.39, 0.29) is 0 Å². The van der Waals surface area contributed by atoms with Gasteiger partial charge in [-0.15, -0.1) is 0 Å². The first-order valence-corrected chi connectivity index (χ1v) is 6.44. The molecule has 0 saturated carbocycles. The Bertz CT molecular complexity index is 196. The van der Waals surface area contributed by atoms with Crippen molar-refractivity contribution in [3.05, 3.63) is 0 Å². The van der Waals surface area contributed by atoms with Gasteiger partial charge in [-0.25, -0.2) is 0 Å². The summed E-state index contributed by atoms with van der Waals surface area (Å²) >= 11 is -2.12. The van der Waals surface area contributed by atoms with Crippen LogP contribution in [-0.4, -0.2) is 64.4 Å². The molecule has 1 heterocycles. The standard InChI is InChI=1S/C9H20N2O3S/c1-2-3-10-4-6-11(7-5-10)8-9-14-15(12)13/h2-9H2,1H3,(H,12,13). The highest BCUT2D eigenvalue weighted by atomic mass is 32.2. The van der Waals surface area contributed by atoms with E-state index in [2.05, 4.69) is 20.9 Å². The van der Waals surface area contributed by atoms with E-state index in [1.54, 1.807) is 0 Å². The molecule has 1 aliphatic heterocycles. The third kappa shape index (κ3) is 5.58. The summed E-state index contributed by atoms with van der Waals surface area (Å²) in [6, 6.07) is 0. The number of piperazine rings is 1. The van der Waals surface area contributed by atoms with Crippen LogP contribution in [0.1, 0.15) is 13.3 Å². The lowest BCUT2D eigenvalue weighted by Crippen LogP contribution is -2.47. The maximum Gasteiger partial charge on any atom is 0.301 e. The van der Waals surface area contributed by atoms with Crippen molar-refractivity contribution in [2.45, 2.75) is 13.3 Å². The van der Waals surface area contributed by atoms with Crippen LogP contribution in [-0.2, 0) is 15.5 Å². The fraction of sp³-hybridized carbons (Fsp3) is 1.00. The largest absolute Gasteiger partial charge is 0.301 e. The molecular formula is C9H20N2O3S. The second-order valence-corrected chi connectivity index (χ2v) is 4.39. The van der Waals surface area contributed by atoms with Gasteiger partial charge in [0.05, 0.1) is 6.61 Å². The van der Waals surface area contributed by atoms with Crippen molar-refractivity contribution in [1.82, 2.24) is 9.80 Å². The van der Waals surface area contributed by atoms with E-state index in [1.807, 2.05) is 0 Å². The van der Waals surface area contributed by atoms with Crippen molar-refractivity contribution in [2.24, 2.45) is 0 Å². The molecule has 1 atom stereocenters. The average molecular weight is 236 g/mol. The number of rotatable bonds is 6. The highest BCUT2D eigenvalue weighted by Gasteiger charge is 2.15. The summed E-state index contributed by atoms with van der Waals surface area (Å²) in [6.07, 6.45) is 1.20. The van der Waals surface area contributed by atoms with Gasteiger partial charge in [0, 0.05) is 32.7 Å². The fourth-order valence-electron chi connectivity index (χ4n) is 1.79. The Hall–Kier alpha value is -0.0100. The van der Waals surface area contributed by atoms with E-state index in [1.165, 1.54) is 13.0 Å². The molecule has 0 aromatic rings. The predicted octanol–water partition coefficient (Wildman–Crippen LogP) is 0.167. The Balaban J connectivity index is 2.06. The molecule has 0 aliphatic carbocycles. The second-order valence-electron chi connectivity index (χ2n) is 3.72. The van der Waals surface area contributed by atoms with Crippen LogP contribution < -0.4 is 0 Å². The van der Waals surface area contributed by atoms with Crippen LogP contribution in [0.4, 0.5) is 0 Å². The Kier molecular flexibility index (Phi) is 6.35. The number of hydrogen-bond donors (Lipinski definition) is 1. The van der Waals surface area contributed by atoms with E-state index >= 15 is 0 Å². The molecule has 90 valence electrons. The molecule has 0 spiro atoms. The monoisotopic (exact) mass is 236 g/mol. The molecule has 0 aromatic heterocycles. The molecule has 15 heavy (non-hydrogen) atoms. The summed E-state index contributed by atoms with van der Waals surface area (Å²) in [6.45, 7) is 8.68. The van der Waals surface area contributed by atoms with Crippen LogP contribution in [0.5, 0.6) is 0 Å². The zero-order valence-corrected chi connectivity index (χ0v) is 10.0. The Labute approximate surface area is 93.9 Å². The maximum atomic E-state index is 10.2. The minimum absolute atomic E-state index is 0.330. The summed E-state index contributed by atoms with van der Waals surface area (Å²) in [7, 11) is 0. The molecule has 1 rings (SSSR count). The van der Waals surface area contributed by atoms with Gasteiger partial charge in [-0.1, -0.05) is 6.92 Å². The van der Waals surface area contributed by atoms with Crippen LogP contribution in [0, 0.1) is 0 Å². The molecule has 1 N–H and O–H groups in total. The smallest absolute Gasteiger partial charge is 0.301 e. The second kappa shape index (κ2) is 7.29. The van der Waals surface area contributed by atoms with E-state index in [0.717, 1.165) is 32.7 Å². The van der Waals surface area contributed by atoms with Crippen LogP contribution in [0.3, 0.4) is 0 Å². The fourth-order valence-corrected chi connectivity index (χ4v) is 2.01. The summed E-state index contributed by atoms with van der Waals surface area (Å²) in [5.41, 5.74) is 0. The summed E-state index contributed by atoms with van der Waals surface area (Å²) in [4.78, 5) is 4.71. The highest BCUT2D eigenvalue weighted by molar-refractivity contribution is 7.74. The van der Waals surface area contributed by atoms with E-state index in [9.17, 15) is 4.21 Å². The van der Waals surface area contributed by atoms with Crippen LogP contribution in [0.15, 0.2) is 0 Å². The Morgan fingerprint density at radius 1 is 1.20 bits per heavy atom. The molecule has 5 nitrogen and oxygen atoms in total. The summed E-state index contributed by atoms with van der Waals surface area (Å²) in [5.74, 6) is 0. The molecule has 6 heteroatoms. The van der Waals surface area contributed by atoms with Crippen LogP contribution in [0.2, 0.25) is 0 Å². The summed E-state index contributed by atoms with van der Waals surface area (Å²) in [5, 5.41) is 0. The predicted molar refractivity (Wildman–Crippen MR) is 59.9 cm³/mol. The summed E-state index contributed by atoms with van der Waals surface area (Å²) < 4.78 is 23.2. The Morgan fingerprint density at radius 2 is 1.73 bits per heavy atom. The Morgan fingerprint density at radius 3 is 2.20 bits per heavy atom. The minimum atomic E-state index is -2.12. The molecule has 0 amide bonds. The molecule has 0 aromatic carbocycles. The van der Waals surface area contributed by atoms with Crippen LogP contribution in [0.25, 0.3) is 0 Å². The third-order valence-corrected chi connectivity index (χ3v) is 2.96. The lowest BCUT2D eigenvalue weighted by Gasteiger charge is -2.34. The van der Waals surface area contributed by atoms with Gasteiger partial charge in [0.2, 0.25) is 0 Å². The van der Waals surface area contributed by atoms with Gasteiger partial charge in [-0.3, -0.25) is 13.6 Å².